The lowest BCUT2D eigenvalue weighted by Crippen LogP contribution is -2.53. The van der Waals surface area contributed by atoms with Crippen molar-refractivity contribution in [1.29, 1.82) is 0 Å². The number of Topliss-reactive ketones (excluding diaryl/α,β-unsaturated/α-hetero) is 1. The number of benzene rings is 2. The monoisotopic (exact) mass is 898 g/mol. The van der Waals surface area contributed by atoms with Gasteiger partial charge in [-0.15, -0.1) is 11.3 Å². The van der Waals surface area contributed by atoms with Crippen LogP contribution in [0.15, 0.2) is 66.1 Å². The van der Waals surface area contributed by atoms with Gasteiger partial charge in [-0.2, -0.15) is 4.98 Å². The molecule has 2 aliphatic heterocycles. The number of thiazole rings is 1. The molecule has 8 rings (SSSR count). The summed E-state index contributed by atoms with van der Waals surface area (Å²) in [6, 6.07) is 14.1. The number of carbonyl (C=O) groups is 4. The number of nitrogens with one attached hydrogen (secondary N) is 2. The van der Waals surface area contributed by atoms with E-state index in [1.54, 1.807) is 39.0 Å². The van der Waals surface area contributed by atoms with E-state index in [9.17, 15) is 27.6 Å². The fourth-order valence-electron chi connectivity index (χ4n) is 8.88. The van der Waals surface area contributed by atoms with Crippen molar-refractivity contribution in [3.05, 3.63) is 66.1 Å². The second-order valence-corrected chi connectivity index (χ2v) is 22.2. The number of aromatic nitrogens is 3. The largest absolute Gasteiger partial charge is 0.459 e. The molecule has 0 unspecified atom stereocenters. The molecule has 5 atom stereocenters. The van der Waals surface area contributed by atoms with Crippen molar-refractivity contribution < 1.29 is 37.1 Å². The Morgan fingerprint density at radius 1 is 1.00 bits per heavy atom. The molecule has 4 aliphatic rings. The number of fused-ring (bicyclic) bond motifs is 3. The summed E-state index contributed by atoms with van der Waals surface area (Å²) in [5, 5.41) is 5.70. The third-order valence-corrected chi connectivity index (χ3v) is 15.9. The smallest absolute Gasteiger partial charge is 0.408 e. The number of carbonyl (C=O) groups excluding carboxylic acids is 4. The standard InChI is InChI=1S/C47H58N6O8S2/c1-29(2)53-36-21-15-19-33(35-28-62-40(48-35)30-16-11-10-12-17-30)39(36)50-43(53)60-32-24-37-38(54)26-47(42(56)51-63(58,59)46(6)22-23-46)25-31(47)18-13-8-7-9-14-20-34(41(55)52(37)27-32)49-44(57)61-45(3,4)5/h10-13,15-19,21,28-29,31-32,34,37H,7-9,14,20,22-27H2,1-6H3,(H,49,57)(H,51,56)/b18-13-/t31-,32-,34+,37+,47-/m1/s1. The SMILES string of the molecule is CC(C)n1c(O[C@@H]2C[C@H]3C(=O)C[C@]4(C(=O)NS(=O)(=O)C5(C)CC5)C[C@H]4/C=C\CCCCC[C@H](NC(=O)OC(C)(C)C)C(=O)N3C2)nc2c(-c3csc(-c4ccccc4)n3)cccc21. The lowest BCUT2D eigenvalue weighted by atomic mass is 9.91. The van der Waals surface area contributed by atoms with Gasteiger partial charge in [0.2, 0.25) is 21.8 Å². The number of imidazole rings is 1. The Hall–Kier alpha value is -5.09. The summed E-state index contributed by atoms with van der Waals surface area (Å²) < 4.78 is 42.3. The summed E-state index contributed by atoms with van der Waals surface area (Å²) in [6.07, 6.45) is 6.79. The highest BCUT2D eigenvalue weighted by molar-refractivity contribution is 7.91. The zero-order chi connectivity index (χ0) is 44.9. The Morgan fingerprint density at radius 2 is 1.76 bits per heavy atom. The van der Waals surface area contributed by atoms with Crippen molar-refractivity contribution in [2.45, 2.75) is 140 Å². The molecular weight excluding hydrogens is 841 g/mol. The summed E-state index contributed by atoms with van der Waals surface area (Å²) in [5.74, 6) is -1.85. The first-order valence-electron chi connectivity index (χ1n) is 22.1. The summed E-state index contributed by atoms with van der Waals surface area (Å²) in [5.41, 5.74) is 2.08. The Morgan fingerprint density at radius 3 is 2.48 bits per heavy atom. The van der Waals surface area contributed by atoms with Gasteiger partial charge in [0, 0.05) is 35.4 Å². The zero-order valence-electron chi connectivity index (χ0n) is 36.9. The van der Waals surface area contributed by atoms with E-state index in [0.29, 0.717) is 50.1 Å². The van der Waals surface area contributed by atoms with Crippen LogP contribution in [-0.4, -0.2) is 86.6 Å². The van der Waals surface area contributed by atoms with E-state index in [0.717, 1.165) is 40.2 Å². The zero-order valence-corrected chi connectivity index (χ0v) is 38.5. The fourth-order valence-corrected chi connectivity index (χ4v) is 11.0. The second kappa shape index (κ2) is 17.1. The van der Waals surface area contributed by atoms with Crippen LogP contribution in [0.3, 0.4) is 0 Å². The number of alkyl carbamates (subject to hydrolysis) is 1. The molecule has 0 bridgehead atoms. The molecule has 4 heterocycles. The molecule has 2 saturated carbocycles. The number of hydrogen-bond acceptors (Lipinski definition) is 11. The maximum atomic E-state index is 14.8. The van der Waals surface area contributed by atoms with E-state index in [1.807, 2.05) is 84.5 Å². The van der Waals surface area contributed by atoms with Crippen molar-refractivity contribution in [3.8, 4) is 27.8 Å². The molecule has 0 radical (unpaired) electrons. The van der Waals surface area contributed by atoms with Gasteiger partial charge in [-0.1, -0.05) is 67.5 Å². The van der Waals surface area contributed by atoms with Gasteiger partial charge in [0.05, 0.1) is 34.0 Å². The number of rotatable bonds is 9. The Labute approximate surface area is 373 Å². The molecule has 2 aromatic heterocycles. The normalized spacial score (nSPS) is 25.7. The van der Waals surface area contributed by atoms with Crippen LogP contribution in [0.1, 0.15) is 112 Å². The van der Waals surface area contributed by atoms with Gasteiger partial charge in [0.1, 0.15) is 28.3 Å². The number of sulfonamides is 1. The van der Waals surface area contributed by atoms with Crippen LogP contribution in [0, 0.1) is 11.3 Å². The molecule has 2 aliphatic carbocycles. The molecule has 3 fully saturated rings. The van der Waals surface area contributed by atoms with E-state index in [4.69, 9.17) is 19.4 Å². The van der Waals surface area contributed by atoms with E-state index < -0.39 is 61.9 Å². The molecule has 1 saturated heterocycles. The van der Waals surface area contributed by atoms with Crippen molar-refractivity contribution in [3.63, 3.8) is 0 Å². The number of ketones is 1. The first-order chi connectivity index (χ1) is 29.9. The minimum Gasteiger partial charge on any atom is -0.459 e. The van der Waals surface area contributed by atoms with Gasteiger partial charge in [-0.05, 0) is 92.1 Å². The van der Waals surface area contributed by atoms with Gasteiger partial charge < -0.3 is 19.7 Å². The van der Waals surface area contributed by atoms with Gasteiger partial charge in [0.15, 0.2) is 5.78 Å². The van der Waals surface area contributed by atoms with Gasteiger partial charge in [0.25, 0.3) is 6.01 Å². The molecule has 3 amide bonds. The molecule has 16 heteroatoms. The Kier molecular flexibility index (Phi) is 12.1. The molecule has 2 N–H and O–H groups in total. The highest BCUT2D eigenvalue weighted by Gasteiger charge is 2.62. The van der Waals surface area contributed by atoms with Gasteiger partial charge >= 0.3 is 6.09 Å². The van der Waals surface area contributed by atoms with Crippen LogP contribution in [0.5, 0.6) is 6.01 Å². The minimum absolute atomic E-state index is 0.0116. The molecule has 14 nitrogen and oxygen atoms in total. The lowest BCUT2D eigenvalue weighted by molar-refractivity contribution is -0.140. The van der Waals surface area contributed by atoms with E-state index in [1.165, 1.54) is 4.90 Å². The van der Waals surface area contributed by atoms with Gasteiger partial charge in [-0.3, -0.25) is 23.7 Å². The maximum absolute atomic E-state index is 14.8. The Bertz CT molecular complexity index is 2540. The number of hydrogen-bond donors (Lipinski definition) is 2. The average Bonchev–Trinajstić information content (AvgIpc) is 3.89. The van der Waals surface area contributed by atoms with Crippen LogP contribution >= 0.6 is 11.3 Å². The predicted octanol–water partition coefficient (Wildman–Crippen LogP) is 8.13. The minimum atomic E-state index is -3.97. The van der Waals surface area contributed by atoms with E-state index in [-0.39, 0.29) is 37.1 Å². The van der Waals surface area contributed by atoms with Crippen molar-refractivity contribution >= 4 is 56.1 Å². The second-order valence-electron chi connectivity index (χ2n) is 19.2. The number of ether oxygens (including phenoxy) is 2. The van der Waals surface area contributed by atoms with Gasteiger partial charge in [-0.25, -0.2) is 18.2 Å². The predicted molar refractivity (Wildman–Crippen MR) is 241 cm³/mol. The summed E-state index contributed by atoms with van der Waals surface area (Å²) in [7, 11) is -3.97. The van der Waals surface area contributed by atoms with Crippen LogP contribution < -0.4 is 14.8 Å². The topological polar surface area (TPSA) is 179 Å². The van der Waals surface area contributed by atoms with E-state index >= 15 is 0 Å². The van der Waals surface area contributed by atoms with Crippen LogP contribution in [0.2, 0.25) is 0 Å². The number of para-hydroxylation sites is 1. The lowest BCUT2D eigenvalue weighted by Gasteiger charge is -2.30. The Balaban J connectivity index is 1.12. The van der Waals surface area contributed by atoms with Crippen LogP contribution in [-0.2, 0) is 29.1 Å². The molecular formula is C47H58N6O8S2. The molecule has 4 aromatic rings. The summed E-state index contributed by atoms with van der Waals surface area (Å²) in [6.45, 7) is 10.9. The first-order valence-corrected chi connectivity index (χ1v) is 24.5. The number of nitrogens with zero attached hydrogens (tertiary/aromatic N) is 4. The highest BCUT2D eigenvalue weighted by Crippen LogP contribution is 2.57. The molecule has 336 valence electrons. The van der Waals surface area contributed by atoms with Crippen molar-refractivity contribution in [1.82, 2.24) is 29.5 Å². The quantitative estimate of drug-likeness (QED) is 0.156. The first kappa shape index (κ1) is 44.5. The maximum Gasteiger partial charge on any atom is 0.408 e. The average molecular weight is 899 g/mol. The highest BCUT2D eigenvalue weighted by atomic mass is 32.2. The summed E-state index contributed by atoms with van der Waals surface area (Å²) in [4.78, 5) is 68.4. The number of amides is 3. The molecule has 0 spiro atoms. The third-order valence-electron chi connectivity index (χ3n) is 12.8. The molecule has 63 heavy (non-hydrogen) atoms. The summed E-state index contributed by atoms with van der Waals surface area (Å²) >= 11 is 1.55. The fraction of sp³-hybridized carbons (Fsp3) is 0.532. The van der Waals surface area contributed by atoms with E-state index in [2.05, 4.69) is 10.0 Å². The van der Waals surface area contributed by atoms with Crippen molar-refractivity contribution in [2.75, 3.05) is 6.54 Å². The number of allylic oxidation sites excluding steroid dienone is 2. The van der Waals surface area contributed by atoms with Crippen LogP contribution in [0.25, 0.3) is 32.9 Å². The third kappa shape index (κ3) is 9.29. The molecule has 2 aromatic carbocycles. The van der Waals surface area contributed by atoms with Crippen molar-refractivity contribution in [2.24, 2.45) is 11.3 Å². The van der Waals surface area contributed by atoms with Crippen LogP contribution in [0.4, 0.5) is 4.79 Å².